The van der Waals surface area contributed by atoms with E-state index < -0.39 is 0 Å². The van der Waals surface area contributed by atoms with Gasteiger partial charge in [-0.3, -0.25) is 4.79 Å². The third kappa shape index (κ3) is 5.30. The number of carbonyl (C=O) groups is 1. The molecule has 0 radical (unpaired) electrons. The fraction of sp³-hybridized carbons (Fsp3) is 0.333. The van der Waals surface area contributed by atoms with E-state index in [2.05, 4.69) is 34.3 Å². The van der Waals surface area contributed by atoms with Crippen LogP contribution in [0.4, 0.5) is 5.13 Å². The minimum Gasteiger partial charge on any atom is -0.493 e. The number of aromatic nitrogens is 4. The summed E-state index contributed by atoms with van der Waals surface area (Å²) in [5, 5.41) is 14.3. The van der Waals surface area contributed by atoms with Crippen LogP contribution in [0, 0.1) is 5.92 Å². The lowest BCUT2D eigenvalue weighted by atomic mass is 10.2. The topological polar surface area (TPSA) is 81.9 Å². The van der Waals surface area contributed by atoms with Crippen LogP contribution in [0.2, 0.25) is 0 Å². The smallest absolute Gasteiger partial charge is 0.236 e. The van der Waals surface area contributed by atoms with Crippen LogP contribution in [0.3, 0.4) is 0 Å². The number of nitrogens with one attached hydrogen (secondary N) is 1. The summed E-state index contributed by atoms with van der Waals surface area (Å²) >= 11 is 2.72. The number of hydrogen-bond donors (Lipinski definition) is 1. The normalized spacial score (nSPS) is 11.0. The number of thiazole rings is 1. The molecular weight excluding hydrogens is 382 g/mol. The number of thioether (sulfide) groups is 1. The van der Waals surface area contributed by atoms with E-state index in [9.17, 15) is 4.79 Å². The maximum atomic E-state index is 12.0. The van der Waals surface area contributed by atoms with E-state index in [-0.39, 0.29) is 11.7 Å². The van der Waals surface area contributed by atoms with Crippen LogP contribution in [-0.4, -0.2) is 38.0 Å². The summed E-state index contributed by atoms with van der Waals surface area (Å²) in [4.78, 5) is 16.0. The molecule has 142 valence electrons. The van der Waals surface area contributed by atoms with Gasteiger partial charge in [0.05, 0.1) is 12.4 Å². The van der Waals surface area contributed by atoms with Gasteiger partial charge in [0.15, 0.2) is 16.1 Å². The molecule has 27 heavy (non-hydrogen) atoms. The second-order valence-corrected chi connectivity index (χ2v) is 8.11. The van der Waals surface area contributed by atoms with Gasteiger partial charge in [0.1, 0.15) is 5.75 Å². The van der Waals surface area contributed by atoms with E-state index in [0.29, 0.717) is 22.8 Å². The Hall–Kier alpha value is -2.39. The van der Waals surface area contributed by atoms with Crippen LogP contribution >= 0.6 is 23.1 Å². The van der Waals surface area contributed by atoms with Gasteiger partial charge in [0, 0.05) is 24.2 Å². The molecule has 7 nitrogen and oxygen atoms in total. The van der Waals surface area contributed by atoms with Crippen LogP contribution in [0.15, 0.2) is 41.0 Å². The third-order valence-corrected chi connectivity index (χ3v) is 5.25. The van der Waals surface area contributed by atoms with Crippen molar-refractivity contribution in [2.24, 2.45) is 13.0 Å². The van der Waals surface area contributed by atoms with Crippen molar-refractivity contribution in [3.05, 3.63) is 35.8 Å². The molecular formula is C18H21N5O2S2. The number of benzene rings is 1. The second kappa shape index (κ2) is 9.01. The van der Waals surface area contributed by atoms with Crippen LogP contribution in [0.1, 0.15) is 13.8 Å². The lowest BCUT2D eigenvalue weighted by molar-refractivity contribution is -0.113. The van der Waals surface area contributed by atoms with Gasteiger partial charge in [-0.1, -0.05) is 25.6 Å². The average molecular weight is 404 g/mol. The molecule has 0 aliphatic heterocycles. The first-order valence-electron chi connectivity index (χ1n) is 8.47. The third-order valence-electron chi connectivity index (χ3n) is 3.54. The second-order valence-electron chi connectivity index (χ2n) is 6.27. The SMILES string of the molecule is CC(C)COc1ccc(-c2nnc(SCC(=O)Nc3nccs3)n2C)cc1. The zero-order chi connectivity index (χ0) is 19.2. The molecule has 0 aliphatic carbocycles. The highest BCUT2D eigenvalue weighted by molar-refractivity contribution is 7.99. The van der Waals surface area contributed by atoms with Gasteiger partial charge in [-0.15, -0.1) is 21.5 Å². The van der Waals surface area contributed by atoms with Crippen LogP contribution in [-0.2, 0) is 11.8 Å². The minimum absolute atomic E-state index is 0.119. The van der Waals surface area contributed by atoms with Gasteiger partial charge in [-0.05, 0) is 30.2 Å². The van der Waals surface area contributed by atoms with E-state index in [0.717, 1.165) is 17.1 Å². The highest BCUT2D eigenvalue weighted by atomic mass is 32.2. The maximum Gasteiger partial charge on any atom is 0.236 e. The Labute approximate surface area is 166 Å². The lowest BCUT2D eigenvalue weighted by Gasteiger charge is -2.09. The minimum atomic E-state index is -0.119. The van der Waals surface area contributed by atoms with E-state index in [1.807, 2.05) is 41.3 Å². The lowest BCUT2D eigenvalue weighted by Crippen LogP contribution is -2.14. The first-order chi connectivity index (χ1) is 13.0. The average Bonchev–Trinajstić information content (AvgIpc) is 3.28. The number of amides is 1. The summed E-state index contributed by atoms with van der Waals surface area (Å²) in [5.74, 6) is 2.19. The molecule has 0 aliphatic rings. The zero-order valence-corrected chi connectivity index (χ0v) is 17.0. The van der Waals surface area contributed by atoms with Gasteiger partial charge in [0.2, 0.25) is 5.91 Å². The first kappa shape index (κ1) is 19.4. The summed E-state index contributed by atoms with van der Waals surface area (Å²) < 4.78 is 7.59. The Balaban J connectivity index is 1.60. The molecule has 9 heteroatoms. The molecule has 0 spiro atoms. The van der Waals surface area contributed by atoms with Gasteiger partial charge >= 0.3 is 0 Å². The molecule has 2 heterocycles. The summed E-state index contributed by atoms with van der Waals surface area (Å²) in [6.07, 6.45) is 1.65. The number of carbonyl (C=O) groups excluding carboxylic acids is 1. The van der Waals surface area contributed by atoms with Gasteiger partial charge in [0.25, 0.3) is 0 Å². The predicted octanol–water partition coefficient (Wildman–Crippen LogP) is 3.70. The van der Waals surface area contributed by atoms with Crippen molar-refractivity contribution in [1.82, 2.24) is 19.7 Å². The predicted molar refractivity (Wildman–Crippen MR) is 108 cm³/mol. The van der Waals surface area contributed by atoms with Crippen LogP contribution in [0.25, 0.3) is 11.4 Å². The quantitative estimate of drug-likeness (QED) is 0.578. The Morgan fingerprint density at radius 1 is 1.30 bits per heavy atom. The summed E-state index contributed by atoms with van der Waals surface area (Å²) in [7, 11) is 1.89. The molecule has 0 saturated heterocycles. The summed E-state index contributed by atoms with van der Waals surface area (Å²) in [5.41, 5.74) is 0.945. The largest absolute Gasteiger partial charge is 0.493 e. The molecule has 0 fully saturated rings. The summed E-state index contributed by atoms with van der Waals surface area (Å²) in [6, 6.07) is 7.79. The van der Waals surface area contributed by atoms with Crippen LogP contribution in [0.5, 0.6) is 5.75 Å². The van der Waals surface area contributed by atoms with Crippen molar-refractivity contribution in [2.75, 3.05) is 17.7 Å². The molecule has 0 bridgehead atoms. The number of rotatable bonds is 8. The van der Waals surface area contributed by atoms with E-state index in [1.165, 1.54) is 23.1 Å². The van der Waals surface area contributed by atoms with Crippen molar-refractivity contribution in [2.45, 2.75) is 19.0 Å². The molecule has 0 saturated carbocycles. The highest BCUT2D eigenvalue weighted by Gasteiger charge is 2.13. The van der Waals surface area contributed by atoms with Crippen molar-refractivity contribution in [1.29, 1.82) is 0 Å². The number of ether oxygens (including phenoxy) is 1. The highest BCUT2D eigenvalue weighted by Crippen LogP contribution is 2.25. The molecule has 3 aromatic rings. The van der Waals surface area contributed by atoms with Crippen molar-refractivity contribution in [3.8, 4) is 17.1 Å². The number of anilines is 1. The van der Waals surface area contributed by atoms with E-state index in [4.69, 9.17) is 4.74 Å². The van der Waals surface area contributed by atoms with Crippen molar-refractivity contribution in [3.63, 3.8) is 0 Å². The molecule has 0 atom stereocenters. The maximum absolute atomic E-state index is 12.0. The van der Waals surface area contributed by atoms with Gasteiger partial charge in [-0.25, -0.2) is 4.98 Å². The molecule has 1 amide bonds. The monoisotopic (exact) mass is 403 g/mol. The Morgan fingerprint density at radius 2 is 2.07 bits per heavy atom. The van der Waals surface area contributed by atoms with E-state index >= 15 is 0 Å². The van der Waals surface area contributed by atoms with Gasteiger partial charge < -0.3 is 14.6 Å². The van der Waals surface area contributed by atoms with Gasteiger partial charge in [-0.2, -0.15) is 0 Å². The van der Waals surface area contributed by atoms with E-state index in [1.54, 1.807) is 6.20 Å². The van der Waals surface area contributed by atoms with Crippen molar-refractivity contribution < 1.29 is 9.53 Å². The van der Waals surface area contributed by atoms with Crippen molar-refractivity contribution >= 4 is 34.1 Å². The molecule has 2 aromatic heterocycles. The molecule has 1 N–H and O–H groups in total. The number of hydrogen-bond acceptors (Lipinski definition) is 7. The van der Waals surface area contributed by atoms with Crippen LogP contribution < -0.4 is 10.1 Å². The zero-order valence-electron chi connectivity index (χ0n) is 15.4. The summed E-state index contributed by atoms with van der Waals surface area (Å²) in [6.45, 7) is 4.92. The standard InChI is InChI=1S/C18H21N5O2S2/c1-12(2)10-25-14-6-4-13(5-7-14)16-21-22-18(23(16)3)27-11-15(24)20-17-19-8-9-26-17/h4-9,12H,10-11H2,1-3H3,(H,19,20,24). The fourth-order valence-electron chi connectivity index (χ4n) is 2.23. The Morgan fingerprint density at radius 3 is 2.74 bits per heavy atom. The Bertz CT molecular complexity index is 876. The number of nitrogens with zero attached hydrogens (tertiary/aromatic N) is 4. The Kier molecular flexibility index (Phi) is 6.46. The fourth-order valence-corrected chi connectivity index (χ4v) is 3.48. The molecule has 0 unspecified atom stereocenters. The first-order valence-corrected chi connectivity index (χ1v) is 10.3. The molecule has 1 aromatic carbocycles. The molecule has 3 rings (SSSR count).